The highest BCUT2D eigenvalue weighted by Crippen LogP contribution is 2.29. The van der Waals surface area contributed by atoms with E-state index < -0.39 is 11.7 Å². The molecular formula is C23H29N7O4S. The zero-order valence-corrected chi connectivity index (χ0v) is 21.0. The summed E-state index contributed by atoms with van der Waals surface area (Å²) >= 11 is 1.42. The maximum absolute atomic E-state index is 12.1. The predicted molar refractivity (Wildman–Crippen MR) is 131 cm³/mol. The van der Waals surface area contributed by atoms with Crippen molar-refractivity contribution < 1.29 is 19.0 Å². The number of rotatable bonds is 7. The molecule has 1 aliphatic rings. The van der Waals surface area contributed by atoms with Gasteiger partial charge < -0.3 is 24.4 Å². The van der Waals surface area contributed by atoms with Crippen LogP contribution in [0.25, 0.3) is 10.6 Å². The largest absolute Gasteiger partial charge is 0.458 e. The minimum absolute atomic E-state index is 0.0262. The molecule has 4 rings (SSSR count). The molecule has 3 aromatic rings. The van der Waals surface area contributed by atoms with E-state index in [1.807, 2.05) is 26.8 Å². The van der Waals surface area contributed by atoms with Crippen molar-refractivity contribution in [2.45, 2.75) is 51.9 Å². The third-order valence-corrected chi connectivity index (χ3v) is 5.77. The monoisotopic (exact) mass is 499 g/mol. The minimum Gasteiger partial charge on any atom is -0.458 e. The van der Waals surface area contributed by atoms with Crippen molar-refractivity contribution in [2.24, 2.45) is 0 Å². The van der Waals surface area contributed by atoms with Gasteiger partial charge in [0.05, 0.1) is 23.7 Å². The summed E-state index contributed by atoms with van der Waals surface area (Å²) in [5, 5.41) is 3.72. The molecule has 0 unspecified atom stereocenters. The van der Waals surface area contributed by atoms with E-state index in [2.05, 4.69) is 30.2 Å². The lowest BCUT2D eigenvalue weighted by molar-refractivity contribution is 0.00342. The number of nitrogens with zero attached hydrogens (tertiary/aromatic N) is 6. The molecule has 0 radical (unpaired) electrons. The molecule has 0 spiro atoms. The molecule has 0 bridgehead atoms. The first-order chi connectivity index (χ1) is 16.7. The van der Waals surface area contributed by atoms with Gasteiger partial charge in [-0.05, 0) is 39.7 Å². The number of anilines is 2. The Morgan fingerprint density at radius 1 is 1.23 bits per heavy atom. The Balaban J connectivity index is 1.34. The molecule has 1 aliphatic heterocycles. The van der Waals surface area contributed by atoms with Gasteiger partial charge in [-0.2, -0.15) is 4.98 Å². The highest BCUT2D eigenvalue weighted by Gasteiger charge is 2.20. The van der Waals surface area contributed by atoms with Crippen LogP contribution in [0.1, 0.15) is 39.2 Å². The molecule has 1 atom stereocenters. The molecule has 4 heterocycles. The maximum Gasteiger partial charge on any atom is 0.410 e. The van der Waals surface area contributed by atoms with E-state index in [0.29, 0.717) is 30.2 Å². The van der Waals surface area contributed by atoms with E-state index in [-0.39, 0.29) is 6.10 Å². The summed E-state index contributed by atoms with van der Waals surface area (Å²) in [6.45, 7) is 7.15. The highest BCUT2D eigenvalue weighted by atomic mass is 32.1. The van der Waals surface area contributed by atoms with Gasteiger partial charge in [0.2, 0.25) is 5.95 Å². The number of hydrogen-bond donors (Lipinski definition) is 1. The van der Waals surface area contributed by atoms with Crippen molar-refractivity contribution in [3.63, 3.8) is 0 Å². The van der Waals surface area contributed by atoms with Gasteiger partial charge in [-0.25, -0.2) is 24.7 Å². The predicted octanol–water partition coefficient (Wildman–Crippen LogP) is 4.06. The number of carbonyl (C=O) groups is 1. The quantitative estimate of drug-likeness (QED) is 0.509. The van der Waals surface area contributed by atoms with Crippen molar-refractivity contribution in [1.29, 1.82) is 0 Å². The first kappa shape index (κ1) is 24.7. The Morgan fingerprint density at radius 2 is 2.03 bits per heavy atom. The molecule has 1 amide bonds. The SMILES string of the molecule is CN(Cc1cnc(Nc2ncc(-c3ccnc(O[C@@H]4CCCOC4)n3)s2)nc1)C(=O)OC(C)(C)C. The fourth-order valence-electron chi connectivity index (χ4n) is 3.21. The van der Waals surface area contributed by atoms with Crippen LogP contribution in [0.15, 0.2) is 30.9 Å². The molecule has 11 nitrogen and oxygen atoms in total. The lowest BCUT2D eigenvalue weighted by atomic mass is 10.2. The third-order valence-electron chi connectivity index (χ3n) is 4.83. The number of aromatic nitrogens is 5. The molecule has 0 saturated carbocycles. The van der Waals surface area contributed by atoms with E-state index in [1.165, 1.54) is 16.2 Å². The van der Waals surface area contributed by atoms with Crippen LogP contribution in [-0.4, -0.2) is 67.9 Å². The molecule has 186 valence electrons. The summed E-state index contributed by atoms with van der Waals surface area (Å²) in [7, 11) is 1.67. The van der Waals surface area contributed by atoms with Crippen LogP contribution in [0.2, 0.25) is 0 Å². The van der Waals surface area contributed by atoms with Crippen molar-refractivity contribution in [1.82, 2.24) is 29.8 Å². The molecule has 0 aromatic carbocycles. The zero-order chi connectivity index (χ0) is 24.8. The summed E-state index contributed by atoms with van der Waals surface area (Å²) in [5.74, 6) is 0.401. The Bertz CT molecular complexity index is 1130. The summed E-state index contributed by atoms with van der Waals surface area (Å²) in [6.07, 6.45) is 8.19. The zero-order valence-electron chi connectivity index (χ0n) is 20.2. The number of carbonyl (C=O) groups excluding carboxylic acids is 1. The first-order valence-electron chi connectivity index (χ1n) is 11.3. The van der Waals surface area contributed by atoms with Gasteiger partial charge in [-0.15, -0.1) is 0 Å². The van der Waals surface area contributed by atoms with Crippen molar-refractivity contribution in [3.05, 3.63) is 36.4 Å². The lowest BCUT2D eigenvalue weighted by Gasteiger charge is -2.24. The molecule has 1 fully saturated rings. The molecule has 35 heavy (non-hydrogen) atoms. The van der Waals surface area contributed by atoms with Gasteiger partial charge in [0, 0.05) is 44.0 Å². The fraction of sp³-hybridized carbons (Fsp3) is 0.478. The Kier molecular flexibility index (Phi) is 7.71. The van der Waals surface area contributed by atoms with Gasteiger partial charge in [0.1, 0.15) is 11.7 Å². The van der Waals surface area contributed by atoms with Gasteiger partial charge in [-0.3, -0.25) is 0 Å². The topological polar surface area (TPSA) is 124 Å². The number of amides is 1. The summed E-state index contributed by atoms with van der Waals surface area (Å²) in [4.78, 5) is 36.3. The minimum atomic E-state index is -0.549. The van der Waals surface area contributed by atoms with Crippen LogP contribution in [0.4, 0.5) is 15.9 Å². The lowest BCUT2D eigenvalue weighted by Crippen LogP contribution is -2.33. The Morgan fingerprint density at radius 3 is 2.74 bits per heavy atom. The average molecular weight is 500 g/mol. The fourth-order valence-corrected chi connectivity index (χ4v) is 3.99. The van der Waals surface area contributed by atoms with E-state index in [9.17, 15) is 4.79 Å². The normalized spacial score (nSPS) is 15.9. The number of thiazole rings is 1. The van der Waals surface area contributed by atoms with Crippen LogP contribution in [0, 0.1) is 0 Å². The second kappa shape index (κ2) is 10.9. The van der Waals surface area contributed by atoms with E-state index in [0.717, 1.165) is 35.6 Å². The van der Waals surface area contributed by atoms with Gasteiger partial charge in [0.15, 0.2) is 5.13 Å². The van der Waals surface area contributed by atoms with Crippen molar-refractivity contribution >= 4 is 28.5 Å². The summed E-state index contributed by atoms with van der Waals surface area (Å²) in [5.41, 5.74) is 0.951. The molecule has 0 aliphatic carbocycles. The first-order valence-corrected chi connectivity index (χ1v) is 12.1. The van der Waals surface area contributed by atoms with Crippen molar-refractivity contribution in [3.8, 4) is 16.6 Å². The molecule has 1 N–H and O–H groups in total. The number of hydrogen-bond acceptors (Lipinski definition) is 11. The number of ether oxygens (including phenoxy) is 3. The Labute approximate surface area is 207 Å². The van der Waals surface area contributed by atoms with E-state index in [1.54, 1.807) is 31.8 Å². The average Bonchev–Trinajstić information content (AvgIpc) is 3.29. The maximum atomic E-state index is 12.1. The standard InChI is InChI=1S/C23H29N7O4S/c1-23(2,3)34-22(31)30(4)13-15-10-25-19(26-11-15)29-21-27-12-18(35-21)17-7-8-24-20(28-17)33-16-6-5-9-32-14-16/h7-8,10-12,16H,5-6,9,13-14H2,1-4H3,(H,25,26,27,29)/t16-/m1/s1. The molecule has 3 aromatic heterocycles. The van der Waals surface area contributed by atoms with Crippen molar-refractivity contribution in [2.75, 3.05) is 25.6 Å². The molecule has 1 saturated heterocycles. The Hall–Kier alpha value is -3.38. The number of nitrogens with one attached hydrogen (secondary N) is 1. The second-order valence-corrected chi connectivity index (χ2v) is 10.1. The smallest absolute Gasteiger partial charge is 0.410 e. The summed E-state index contributed by atoms with van der Waals surface area (Å²) in [6, 6.07) is 2.14. The van der Waals surface area contributed by atoms with Gasteiger partial charge >= 0.3 is 12.1 Å². The second-order valence-electron chi connectivity index (χ2n) is 9.09. The van der Waals surface area contributed by atoms with Gasteiger partial charge in [-0.1, -0.05) is 11.3 Å². The van der Waals surface area contributed by atoms with Crippen LogP contribution in [0.3, 0.4) is 0 Å². The van der Waals surface area contributed by atoms with Gasteiger partial charge in [0.25, 0.3) is 0 Å². The molecule has 12 heteroatoms. The molecular weight excluding hydrogens is 470 g/mol. The van der Waals surface area contributed by atoms with Crippen LogP contribution in [0.5, 0.6) is 6.01 Å². The highest BCUT2D eigenvalue weighted by molar-refractivity contribution is 7.18. The van der Waals surface area contributed by atoms with Crippen LogP contribution < -0.4 is 10.1 Å². The van der Waals surface area contributed by atoms with E-state index >= 15 is 0 Å². The third kappa shape index (κ3) is 7.30. The van der Waals surface area contributed by atoms with Crippen LogP contribution in [-0.2, 0) is 16.0 Å². The van der Waals surface area contributed by atoms with E-state index in [4.69, 9.17) is 14.2 Å². The van der Waals surface area contributed by atoms with Crippen LogP contribution >= 0.6 is 11.3 Å². The summed E-state index contributed by atoms with van der Waals surface area (Å²) < 4.78 is 16.7.